The van der Waals surface area contributed by atoms with Gasteiger partial charge in [-0.2, -0.15) is 0 Å². The number of hydrogen-bond acceptors (Lipinski definition) is 3. The Kier molecular flexibility index (Phi) is 1.01. The van der Waals surface area contributed by atoms with E-state index in [-0.39, 0.29) is 0 Å². The van der Waals surface area contributed by atoms with E-state index in [0.717, 1.165) is 13.1 Å². The summed E-state index contributed by atoms with van der Waals surface area (Å²) >= 11 is 4.69. The first-order valence-corrected chi connectivity index (χ1v) is 2.20. The highest BCUT2D eigenvalue weighted by molar-refractivity contribution is 7.56. The third-order valence-corrected chi connectivity index (χ3v) is 0.937. The molecule has 0 spiro atoms. The largest absolute Gasteiger partial charge is 0.666 e. The molecule has 0 amide bonds. The average molecular weight is 101 g/mol. The first-order valence-electron chi connectivity index (χ1n) is 1.83. The molecule has 0 unspecified atom stereocenters. The van der Waals surface area contributed by atoms with Crippen molar-refractivity contribution in [2.24, 2.45) is 4.99 Å². The van der Waals surface area contributed by atoms with Crippen LogP contribution in [0.2, 0.25) is 0 Å². The maximum atomic E-state index is 4.69. The lowest BCUT2D eigenvalue weighted by Crippen LogP contribution is -2.09. The van der Waals surface area contributed by atoms with Crippen molar-refractivity contribution in [1.82, 2.24) is 4.31 Å². The fourth-order valence-electron chi connectivity index (χ4n) is 0.363. The lowest BCUT2D eigenvalue weighted by molar-refractivity contribution is 0.755. The van der Waals surface area contributed by atoms with Gasteiger partial charge in [-0.25, -0.2) is 0 Å². The van der Waals surface area contributed by atoms with E-state index in [4.69, 9.17) is 0 Å². The Morgan fingerprint density at radius 2 is 2.67 bits per heavy atom. The topological polar surface area (TPSA) is 15.6 Å². The first-order chi connectivity index (χ1) is 2.89. The second kappa shape index (κ2) is 1.51. The summed E-state index contributed by atoms with van der Waals surface area (Å²) in [6, 6.07) is 0. The molecule has 0 saturated carbocycles. The fourth-order valence-corrected chi connectivity index (χ4v) is 0.511. The molecule has 34 valence electrons. The van der Waals surface area contributed by atoms with Crippen molar-refractivity contribution in [3.8, 4) is 0 Å². The van der Waals surface area contributed by atoms with Gasteiger partial charge in [0.15, 0.2) is 0 Å². The van der Waals surface area contributed by atoms with E-state index in [2.05, 4.69) is 17.8 Å². The molecule has 0 aromatic heterocycles. The van der Waals surface area contributed by atoms with Gasteiger partial charge in [0, 0.05) is 6.54 Å². The Morgan fingerprint density at radius 1 is 1.83 bits per heavy atom. The van der Waals surface area contributed by atoms with Crippen LogP contribution in [0.1, 0.15) is 0 Å². The number of rotatable bonds is 0. The van der Waals surface area contributed by atoms with Crippen molar-refractivity contribution in [2.75, 3.05) is 13.1 Å². The van der Waals surface area contributed by atoms with Crippen LogP contribution >= 0.6 is 0 Å². The fraction of sp³-hybridized carbons (Fsp3) is 0.667. The minimum atomic E-state index is 0.878. The van der Waals surface area contributed by atoms with Gasteiger partial charge in [0.05, 0.1) is 12.9 Å². The van der Waals surface area contributed by atoms with Crippen LogP contribution in [-0.4, -0.2) is 23.7 Å². The third kappa shape index (κ3) is 0.653. The van der Waals surface area contributed by atoms with E-state index in [0.29, 0.717) is 0 Å². The van der Waals surface area contributed by atoms with Crippen LogP contribution in [0.4, 0.5) is 0 Å². The van der Waals surface area contributed by atoms with E-state index in [1.807, 2.05) is 0 Å². The van der Waals surface area contributed by atoms with E-state index in [1.54, 1.807) is 10.6 Å². The second-order valence-electron chi connectivity index (χ2n) is 1.16. The van der Waals surface area contributed by atoms with E-state index < -0.39 is 0 Å². The molecular weight excluding hydrogens is 96.1 g/mol. The normalized spacial score (nSPS) is 19.8. The van der Waals surface area contributed by atoms with Gasteiger partial charge in [0.25, 0.3) is 0 Å². The van der Waals surface area contributed by atoms with E-state index >= 15 is 0 Å². The molecule has 3 heteroatoms. The van der Waals surface area contributed by atoms with Gasteiger partial charge >= 0.3 is 0 Å². The first kappa shape index (κ1) is 3.99. The van der Waals surface area contributed by atoms with Crippen molar-refractivity contribution in [1.29, 1.82) is 0 Å². The van der Waals surface area contributed by atoms with Gasteiger partial charge in [0.2, 0.25) is 0 Å². The van der Waals surface area contributed by atoms with Crippen LogP contribution in [0.3, 0.4) is 0 Å². The highest BCUT2D eigenvalue weighted by atomic mass is 32.1. The third-order valence-electron chi connectivity index (χ3n) is 0.660. The van der Waals surface area contributed by atoms with Gasteiger partial charge in [-0.15, -0.1) is 0 Å². The molecule has 1 rings (SSSR count). The smallest absolute Gasteiger partial charge is 0.0627 e. The molecule has 0 saturated heterocycles. The van der Waals surface area contributed by atoms with Gasteiger partial charge in [-0.05, 0) is 0 Å². The van der Waals surface area contributed by atoms with Gasteiger partial charge in [-0.3, -0.25) is 4.99 Å². The summed E-state index contributed by atoms with van der Waals surface area (Å²) in [5, 5.41) is 0. The Morgan fingerprint density at radius 3 is 2.83 bits per heavy atom. The molecule has 0 N–H and O–H groups in total. The van der Waals surface area contributed by atoms with Crippen molar-refractivity contribution < 1.29 is 0 Å². The van der Waals surface area contributed by atoms with Gasteiger partial charge in [-0.1, -0.05) is 0 Å². The molecule has 1 aliphatic rings. The van der Waals surface area contributed by atoms with Crippen molar-refractivity contribution in [3.05, 3.63) is 0 Å². The summed E-state index contributed by atoms with van der Waals surface area (Å²) in [5.41, 5.74) is 0. The molecule has 1 aliphatic heterocycles. The highest BCUT2D eigenvalue weighted by Crippen LogP contribution is 1.85. The molecule has 2 nitrogen and oxygen atoms in total. The summed E-state index contributed by atoms with van der Waals surface area (Å²) < 4.78 is 1.65. The van der Waals surface area contributed by atoms with Crippen molar-refractivity contribution in [2.45, 2.75) is 0 Å². The minimum Gasteiger partial charge on any atom is -0.666 e. The molecule has 0 atom stereocenters. The maximum absolute atomic E-state index is 4.69. The Bertz CT molecular complexity index is 71.2. The molecule has 0 bridgehead atoms. The van der Waals surface area contributed by atoms with Gasteiger partial charge in [0.1, 0.15) is 0 Å². The Balaban J connectivity index is 2.38. The zero-order valence-electron chi connectivity index (χ0n) is 3.29. The predicted octanol–water partition coefficient (Wildman–Crippen LogP) is -0.208. The predicted molar refractivity (Wildman–Crippen MR) is 27.4 cm³/mol. The molecule has 0 aromatic carbocycles. The monoisotopic (exact) mass is 101 g/mol. The maximum Gasteiger partial charge on any atom is 0.0627 e. The van der Waals surface area contributed by atoms with Crippen LogP contribution in [0, 0.1) is 0 Å². The quantitative estimate of drug-likeness (QED) is 0.392. The van der Waals surface area contributed by atoms with E-state index in [1.165, 1.54) is 0 Å². The molecule has 1 heterocycles. The molecule has 0 fully saturated rings. The summed E-state index contributed by atoms with van der Waals surface area (Å²) in [4.78, 5) is 3.86. The number of nitrogens with zero attached hydrogens (tertiary/aromatic N) is 2. The minimum absolute atomic E-state index is 0.878. The van der Waals surface area contributed by atoms with Crippen LogP contribution in [0.15, 0.2) is 4.99 Å². The number of aliphatic imine (C=N–C) groups is 1. The van der Waals surface area contributed by atoms with Gasteiger partial charge < -0.3 is 17.1 Å². The Labute approximate surface area is 42.4 Å². The summed E-state index contributed by atoms with van der Waals surface area (Å²) in [6.07, 6.45) is 1.68. The molecule has 6 heavy (non-hydrogen) atoms. The lowest BCUT2D eigenvalue weighted by Gasteiger charge is -2.18. The van der Waals surface area contributed by atoms with Crippen molar-refractivity contribution in [3.63, 3.8) is 0 Å². The van der Waals surface area contributed by atoms with E-state index in [9.17, 15) is 0 Å². The average Bonchev–Trinajstić information content (AvgIpc) is 1.86. The van der Waals surface area contributed by atoms with Crippen LogP contribution in [-0.2, 0) is 12.8 Å². The lowest BCUT2D eigenvalue weighted by atomic mass is 10.7. The second-order valence-corrected chi connectivity index (χ2v) is 1.63. The standard InChI is InChI=1S/C3H5N2S/c6-5-2-1-4-3-5/h3H,1-2H2/q-1. The molecule has 0 aliphatic carbocycles. The molecular formula is C3H5N2S-. The summed E-state index contributed by atoms with van der Waals surface area (Å²) in [5.74, 6) is 0. The van der Waals surface area contributed by atoms with Crippen LogP contribution in [0.25, 0.3) is 0 Å². The highest BCUT2D eigenvalue weighted by Gasteiger charge is 1.86. The Hall–Kier alpha value is -0.180. The van der Waals surface area contributed by atoms with Crippen LogP contribution < -0.4 is 0 Å². The molecule has 0 aromatic rings. The summed E-state index contributed by atoms with van der Waals surface area (Å²) in [7, 11) is 0. The molecule has 0 radical (unpaired) electrons. The SMILES string of the molecule is [S-]N1C=NCC1. The van der Waals surface area contributed by atoms with Crippen molar-refractivity contribution >= 4 is 19.2 Å². The zero-order valence-corrected chi connectivity index (χ0v) is 4.11. The number of hydrogen-bond donors (Lipinski definition) is 0. The van der Waals surface area contributed by atoms with Crippen LogP contribution in [0.5, 0.6) is 0 Å². The zero-order chi connectivity index (χ0) is 4.41. The summed E-state index contributed by atoms with van der Waals surface area (Å²) in [6.45, 7) is 1.79.